The molecule has 0 radical (unpaired) electrons. The first-order valence-electron chi connectivity index (χ1n) is 8.32. The molecule has 7 nitrogen and oxygen atoms in total. The van der Waals surface area contributed by atoms with Crippen LogP contribution < -0.4 is 10.1 Å². The van der Waals surface area contributed by atoms with Crippen LogP contribution in [0.25, 0.3) is 0 Å². The molecule has 0 amide bonds. The zero-order valence-corrected chi connectivity index (χ0v) is 16.7. The number of benzene rings is 2. The zero-order chi connectivity index (χ0) is 26.1. The second-order valence-electron chi connectivity index (χ2n) is 6.20. The number of sulfone groups is 1. The maximum absolute atomic E-state index is 12.9. The minimum atomic E-state index is -5.24. The fourth-order valence-electron chi connectivity index (χ4n) is 2.35. The number of halogens is 9. The molecule has 186 valence electrons. The van der Waals surface area contributed by atoms with Gasteiger partial charge in [-0.3, -0.25) is 10.1 Å². The van der Waals surface area contributed by atoms with Gasteiger partial charge in [0.15, 0.2) is 0 Å². The van der Waals surface area contributed by atoms with E-state index in [9.17, 15) is 58.0 Å². The maximum Gasteiger partial charge on any atom is 0.573 e. The molecule has 0 aliphatic carbocycles. The first-order chi connectivity index (χ1) is 15.3. The summed E-state index contributed by atoms with van der Waals surface area (Å²) in [5, 5.41) is 11.2. The van der Waals surface area contributed by atoms with Crippen LogP contribution in [-0.4, -0.2) is 19.7 Å². The minimum Gasteiger partial charge on any atom is -0.406 e. The molecular weight excluding hydrogens is 515 g/mol. The van der Waals surface area contributed by atoms with Gasteiger partial charge < -0.3 is 10.1 Å². The van der Waals surface area contributed by atoms with E-state index >= 15 is 0 Å². The summed E-state index contributed by atoms with van der Waals surface area (Å²) < 4.78 is 143. The average Bonchev–Trinajstić information content (AvgIpc) is 2.65. The highest BCUT2D eigenvalue weighted by molar-refractivity contribution is 7.95. The largest absolute Gasteiger partial charge is 0.573 e. The Morgan fingerprint density at radius 3 is 1.74 bits per heavy atom. The SMILES string of the molecule is O=[N+]([O-])C(=CNc1cc(C(F)(F)F)cc(C(F)(F)F)c1)S(=O)(=O)c1ccc(OC(F)(F)F)cc1. The van der Waals surface area contributed by atoms with E-state index in [1.807, 2.05) is 0 Å². The molecule has 0 saturated heterocycles. The van der Waals surface area contributed by atoms with E-state index in [1.54, 1.807) is 5.32 Å². The van der Waals surface area contributed by atoms with E-state index in [4.69, 9.17) is 0 Å². The number of nitro groups is 1. The van der Waals surface area contributed by atoms with Crippen LogP contribution in [-0.2, 0) is 22.2 Å². The second-order valence-corrected chi connectivity index (χ2v) is 8.10. The van der Waals surface area contributed by atoms with Gasteiger partial charge in [0, 0.05) is 5.69 Å². The molecule has 2 rings (SSSR count). The summed E-state index contributed by atoms with van der Waals surface area (Å²) in [6, 6.07) is 2.16. The molecule has 0 aliphatic heterocycles. The number of rotatable bonds is 6. The highest BCUT2D eigenvalue weighted by Gasteiger charge is 2.37. The molecule has 0 spiro atoms. The predicted molar refractivity (Wildman–Crippen MR) is 95.5 cm³/mol. The lowest BCUT2D eigenvalue weighted by atomic mass is 10.1. The van der Waals surface area contributed by atoms with Gasteiger partial charge in [-0.15, -0.1) is 13.2 Å². The van der Waals surface area contributed by atoms with E-state index in [1.165, 1.54) is 0 Å². The first kappa shape index (κ1) is 26.7. The van der Waals surface area contributed by atoms with E-state index in [-0.39, 0.29) is 24.4 Å². The monoisotopic (exact) mass is 524 g/mol. The van der Waals surface area contributed by atoms with Crippen molar-refractivity contribution in [3.05, 3.63) is 74.9 Å². The molecule has 34 heavy (non-hydrogen) atoms. The fraction of sp³-hybridized carbons (Fsp3) is 0.176. The van der Waals surface area contributed by atoms with Gasteiger partial charge in [-0.1, -0.05) is 0 Å². The quantitative estimate of drug-likeness (QED) is 0.301. The van der Waals surface area contributed by atoms with Gasteiger partial charge in [-0.05, 0) is 42.5 Å². The number of nitrogens with one attached hydrogen (secondary N) is 1. The van der Waals surface area contributed by atoms with Gasteiger partial charge in [-0.25, -0.2) is 8.42 Å². The molecular formula is C17H9F9N2O5S. The molecule has 0 heterocycles. The standard InChI is InChI=1S/C17H9F9N2O5S/c18-15(19,20)9-5-10(16(21,22)23)7-11(6-9)27-8-14(28(29)30)34(31,32)13-3-1-12(2-4-13)33-17(24,25)26/h1-8,27H. The normalized spacial score (nSPS) is 13.5. The highest BCUT2D eigenvalue weighted by atomic mass is 32.2. The number of nitrogens with zero attached hydrogens (tertiary/aromatic N) is 1. The smallest absolute Gasteiger partial charge is 0.406 e. The Kier molecular flexibility index (Phi) is 7.11. The lowest BCUT2D eigenvalue weighted by molar-refractivity contribution is -0.411. The van der Waals surface area contributed by atoms with Gasteiger partial charge in [0.25, 0.3) is 9.84 Å². The van der Waals surface area contributed by atoms with Crippen LogP contribution >= 0.6 is 0 Å². The van der Waals surface area contributed by atoms with Crippen molar-refractivity contribution in [1.29, 1.82) is 0 Å². The molecule has 2 aromatic carbocycles. The lowest BCUT2D eigenvalue weighted by Gasteiger charge is -2.14. The van der Waals surface area contributed by atoms with Crippen molar-refractivity contribution in [2.75, 3.05) is 5.32 Å². The van der Waals surface area contributed by atoms with Crippen LogP contribution in [0.3, 0.4) is 0 Å². The Hall–Kier alpha value is -3.50. The fourth-order valence-corrected chi connectivity index (χ4v) is 3.50. The van der Waals surface area contributed by atoms with Crippen LogP contribution in [0.2, 0.25) is 0 Å². The molecule has 0 aliphatic rings. The second kappa shape index (κ2) is 9.03. The summed E-state index contributed by atoms with van der Waals surface area (Å²) >= 11 is 0. The number of hydrogen-bond donors (Lipinski definition) is 1. The van der Waals surface area contributed by atoms with Crippen molar-refractivity contribution in [2.24, 2.45) is 0 Å². The Balaban J connectivity index is 2.47. The van der Waals surface area contributed by atoms with E-state index in [2.05, 4.69) is 4.74 Å². The summed E-state index contributed by atoms with van der Waals surface area (Å²) in [5.41, 5.74) is -4.53. The van der Waals surface area contributed by atoms with Crippen molar-refractivity contribution >= 4 is 15.5 Å². The summed E-state index contributed by atoms with van der Waals surface area (Å²) in [5.74, 6) is -0.861. The number of anilines is 1. The first-order valence-corrected chi connectivity index (χ1v) is 9.80. The summed E-state index contributed by atoms with van der Waals surface area (Å²) in [7, 11) is -5.09. The minimum absolute atomic E-state index is 0.0328. The Morgan fingerprint density at radius 1 is 0.882 bits per heavy atom. The third kappa shape index (κ3) is 6.75. The van der Waals surface area contributed by atoms with Crippen LogP contribution in [0.4, 0.5) is 45.2 Å². The van der Waals surface area contributed by atoms with Gasteiger partial charge in [0.05, 0.1) is 27.1 Å². The third-order valence-corrected chi connectivity index (χ3v) is 5.48. The molecule has 0 saturated carbocycles. The van der Waals surface area contributed by atoms with E-state index in [0.29, 0.717) is 24.3 Å². The summed E-state index contributed by atoms with van der Waals surface area (Å²) in [4.78, 5) is 8.81. The third-order valence-electron chi connectivity index (χ3n) is 3.77. The van der Waals surface area contributed by atoms with E-state index < -0.39 is 66.0 Å². The van der Waals surface area contributed by atoms with Crippen molar-refractivity contribution < 1.29 is 57.6 Å². The molecule has 2 aromatic rings. The van der Waals surface area contributed by atoms with Gasteiger partial charge >= 0.3 is 23.7 Å². The van der Waals surface area contributed by atoms with Crippen molar-refractivity contribution in [3.8, 4) is 5.75 Å². The molecule has 1 N–H and O–H groups in total. The Labute approximate surface area is 183 Å². The van der Waals surface area contributed by atoms with Crippen LogP contribution in [0.5, 0.6) is 5.75 Å². The van der Waals surface area contributed by atoms with Crippen LogP contribution in [0.1, 0.15) is 11.1 Å². The molecule has 0 unspecified atom stereocenters. The van der Waals surface area contributed by atoms with Crippen molar-refractivity contribution in [3.63, 3.8) is 0 Å². The van der Waals surface area contributed by atoms with Crippen molar-refractivity contribution in [2.45, 2.75) is 23.6 Å². The molecule has 0 fully saturated rings. The molecule has 0 atom stereocenters. The Bertz CT molecular complexity index is 1170. The van der Waals surface area contributed by atoms with Gasteiger partial charge in [-0.2, -0.15) is 26.3 Å². The number of ether oxygens (including phenoxy) is 1. The molecule has 0 bridgehead atoms. The Morgan fingerprint density at radius 2 is 1.35 bits per heavy atom. The van der Waals surface area contributed by atoms with Crippen LogP contribution in [0.15, 0.2) is 58.6 Å². The number of hydrogen-bond acceptors (Lipinski definition) is 6. The highest BCUT2D eigenvalue weighted by Crippen LogP contribution is 2.37. The molecule has 17 heteroatoms. The average molecular weight is 524 g/mol. The number of alkyl halides is 9. The van der Waals surface area contributed by atoms with Crippen LogP contribution in [0, 0.1) is 10.1 Å². The topological polar surface area (TPSA) is 98.5 Å². The zero-order valence-electron chi connectivity index (χ0n) is 15.9. The lowest BCUT2D eigenvalue weighted by Crippen LogP contribution is -2.17. The van der Waals surface area contributed by atoms with Gasteiger partial charge in [0.2, 0.25) is 0 Å². The predicted octanol–water partition coefficient (Wildman–Crippen LogP) is 5.58. The van der Waals surface area contributed by atoms with E-state index in [0.717, 1.165) is 0 Å². The summed E-state index contributed by atoms with van der Waals surface area (Å²) in [6.45, 7) is 0. The summed E-state index contributed by atoms with van der Waals surface area (Å²) in [6.07, 6.45) is -15.6. The maximum atomic E-state index is 12.9. The molecule has 0 aromatic heterocycles. The van der Waals surface area contributed by atoms with Crippen molar-refractivity contribution in [1.82, 2.24) is 0 Å². The van der Waals surface area contributed by atoms with Gasteiger partial charge in [0.1, 0.15) is 5.75 Å².